The van der Waals surface area contributed by atoms with Crippen molar-refractivity contribution in [3.63, 3.8) is 0 Å². The van der Waals surface area contributed by atoms with E-state index >= 15 is 0 Å². The summed E-state index contributed by atoms with van der Waals surface area (Å²) in [6.07, 6.45) is 4.42. The quantitative estimate of drug-likeness (QED) is 0.905. The molecule has 2 heterocycles. The second-order valence-corrected chi connectivity index (χ2v) is 5.17. The molecule has 2 unspecified atom stereocenters. The van der Waals surface area contributed by atoms with Gasteiger partial charge in [0.1, 0.15) is 0 Å². The number of hydrogen-bond donors (Lipinski definition) is 1. The van der Waals surface area contributed by atoms with Gasteiger partial charge in [0.05, 0.1) is 23.7 Å². The van der Waals surface area contributed by atoms with Crippen molar-refractivity contribution in [2.45, 2.75) is 38.8 Å². The number of hydrogen-bond acceptors (Lipinski definition) is 4. The largest absolute Gasteiger partial charge is 0.377 e. The van der Waals surface area contributed by atoms with Gasteiger partial charge >= 0.3 is 0 Å². The van der Waals surface area contributed by atoms with Crippen LogP contribution in [0.1, 0.15) is 38.4 Å². The molecule has 0 saturated carbocycles. The van der Waals surface area contributed by atoms with E-state index in [2.05, 4.69) is 41.2 Å². The molecular weight excluding hydrogens is 238 g/mol. The highest BCUT2D eigenvalue weighted by Gasteiger charge is 2.16. The lowest BCUT2D eigenvalue weighted by atomic mass is 10.1. The Morgan fingerprint density at radius 2 is 2.37 bits per heavy atom. The van der Waals surface area contributed by atoms with Crippen molar-refractivity contribution in [3.8, 4) is 0 Å². The normalized spacial score (nSPS) is 22.1. The van der Waals surface area contributed by atoms with Gasteiger partial charge in [-0.05, 0) is 38.9 Å². The summed E-state index contributed by atoms with van der Waals surface area (Å²) in [6.45, 7) is 7.17. The summed E-state index contributed by atoms with van der Waals surface area (Å²) in [6, 6.07) is 4.66. The van der Waals surface area contributed by atoms with Crippen molar-refractivity contribution in [1.82, 2.24) is 10.3 Å². The lowest BCUT2D eigenvalue weighted by Gasteiger charge is -2.24. The fourth-order valence-corrected chi connectivity index (χ4v) is 2.58. The molecule has 2 rings (SSSR count). The van der Waals surface area contributed by atoms with Gasteiger partial charge in [-0.3, -0.25) is 4.98 Å². The van der Waals surface area contributed by atoms with Crippen molar-refractivity contribution in [1.29, 1.82) is 0 Å². The molecule has 1 aliphatic rings. The van der Waals surface area contributed by atoms with E-state index in [-0.39, 0.29) is 0 Å². The Labute approximate surface area is 116 Å². The molecule has 4 nitrogen and oxygen atoms in total. The average Bonchev–Trinajstić information content (AvgIpc) is 2.66. The van der Waals surface area contributed by atoms with Crippen molar-refractivity contribution in [3.05, 3.63) is 24.0 Å². The number of nitrogens with zero attached hydrogens (tertiary/aromatic N) is 2. The Bertz CT molecular complexity index is 375. The molecule has 1 aromatic rings. The molecule has 1 fully saturated rings. The van der Waals surface area contributed by atoms with E-state index in [4.69, 9.17) is 4.74 Å². The van der Waals surface area contributed by atoms with Crippen LogP contribution in [-0.2, 0) is 4.74 Å². The number of rotatable bonds is 4. The third kappa shape index (κ3) is 3.67. The van der Waals surface area contributed by atoms with Gasteiger partial charge in [-0.15, -0.1) is 0 Å². The summed E-state index contributed by atoms with van der Waals surface area (Å²) in [5.41, 5.74) is 2.32. The molecule has 4 heteroatoms. The highest BCUT2D eigenvalue weighted by Crippen LogP contribution is 2.20. The second-order valence-electron chi connectivity index (χ2n) is 5.17. The molecule has 0 radical (unpaired) electrons. The summed E-state index contributed by atoms with van der Waals surface area (Å²) >= 11 is 0. The first-order chi connectivity index (χ1) is 9.24. The van der Waals surface area contributed by atoms with Gasteiger partial charge in [-0.1, -0.05) is 6.92 Å². The molecule has 2 atom stereocenters. The van der Waals surface area contributed by atoms with E-state index < -0.39 is 0 Å². The molecule has 106 valence electrons. The van der Waals surface area contributed by atoms with Crippen LogP contribution in [-0.4, -0.2) is 37.8 Å². The zero-order chi connectivity index (χ0) is 13.7. The van der Waals surface area contributed by atoms with Gasteiger partial charge in [-0.2, -0.15) is 0 Å². The predicted octanol–water partition coefficient (Wildman–Crippen LogP) is 2.37. The third-order valence-corrected chi connectivity index (χ3v) is 3.70. The molecule has 1 N–H and O–H groups in total. The molecule has 1 aliphatic heterocycles. The molecule has 0 aromatic carbocycles. The van der Waals surface area contributed by atoms with E-state index in [9.17, 15) is 0 Å². The first-order valence-corrected chi connectivity index (χ1v) is 7.24. The molecule has 0 bridgehead atoms. The minimum absolute atomic E-state index is 0.294. The van der Waals surface area contributed by atoms with E-state index in [1.165, 1.54) is 5.69 Å². The van der Waals surface area contributed by atoms with Gasteiger partial charge in [0.15, 0.2) is 0 Å². The maximum Gasteiger partial charge on any atom is 0.0721 e. The van der Waals surface area contributed by atoms with Gasteiger partial charge in [0, 0.05) is 25.7 Å². The van der Waals surface area contributed by atoms with Crippen LogP contribution < -0.4 is 10.2 Å². The van der Waals surface area contributed by atoms with Crippen LogP contribution in [0.15, 0.2) is 18.3 Å². The van der Waals surface area contributed by atoms with Gasteiger partial charge in [0.25, 0.3) is 0 Å². The zero-order valence-corrected chi connectivity index (χ0v) is 12.2. The Morgan fingerprint density at radius 3 is 3.00 bits per heavy atom. The third-order valence-electron chi connectivity index (χ3n) is 3.70. The predicted molar refractivity (Wildman–Crippen MR) is 78.6 cm³/mol. The number of pyridine rings is 1. The first kappa shape index (κ1) is 14.3. The molecule has 0 spiro atoms. The fraction of sp³-hybridized carbons (Fsp3) is 0.667. The zero-order valence-electron chi connectivity index (χ0n) is 12.2. The minimum Gasteiger partial charge on any atom is -0.377 e. The molecule has 1 aromatic heterocycles. The lowest BCUT2D eigenvalue weighted by molar-refractivity contribution is 0.0821. The standard InChI is InChI=1S/C15H25N3O/c1-4-14(16-3)15-7-6-13(10-17-15)18-8-5-9-19-12(2)11-18/h6-7,10,12,14,16H,4-5,8-9,11H2,1-3H3. The number of ether oxygens (including phenoxy) is 1. The van der Waals surface area contributed by atoms with Crippen LogP contribution >= 0.6 is 0 Å². The SMILES string of the molecule is CCC(NC)c1ccc(N2CCCOC(C)C2)cn1. The molecule has 0 aliphatic carbocycles. The Balaban J connectivity index is 2.08. The van der Waals surface area contributed by atoms with Crippen molar-refractivity contribution in [2.24, 2.45) is 0 Å². The van der Waals surface area contributed by atoms with Crippen LogP contribution in [0.4, 0.5) is 5.69 Å². The Kier molecular flexibility index (Phi) is 5.16. The molecule has 0 amide bonds. The lowest BCUT2D eigenvalue weighted by Crippen LogP contribution is -2.30. The highest BCUT2D eigenvalue weighted by atomic mass is 16.5. The van der Waals surface area contributed by atoms with Crippen molar-refractivity contribution in [2.75, 3.05) is 31.6 Å². The van der Waals surface area contributed by atoms with Crippen LogP contribution in [0.2, 0.25) is 0 Å². The summed E-state index contributed by atoms with van der Waals surface area (Å²) in [7, 11) is 1.98. The smallest absolute Gasteiger partial charge is 0.0721 e. The topological polar surface area (TPSA) is 37.4 Å². The van der Waals surface area contributed by atoms with Gasteiger partial charge < -0.3 is 15.0 Å². The van der Waals surface area contributed by atoms with Crippen LogP contribution in [0.5, 0.6) is 0 Å². The highest BCUT2D eigenvalue weighted by molar-refractivity contribution is 5.45. The van der Waals surface area contributed by atoms with Gasteiger partial charge in [0.2, 0.25) is 0 Å². The summed E-state index contributed by atoms with van der Waals surface area (Å²) < 4.78 is 5.68. The average molecular weight is 263 g/mol. The molecule has 1 saturated heterocycles. The van der Waals surface area contributed by atoms with Crippen LogP contribution in [0, 0.1) is 0 Å². The van der Waals surface area contributed by atoms with Crippen LogP contribution in [0.3, 0.4) is 0 Å². The van der Waals surface area contributed by atoms with Crippen LogP contribution in [0.25, 0.3) is 0 Å². The van der Waals surface area contributed by atoms with E-state index in [1.54, 1.807) is 0 Å². The molecular formula is C15H25N3O. The van der Waals surface area contributed by atoms with E-state index in [1.807, 2.05) is 13.2 Å². The number of aromatic nitrogens is 1. The second kappa shape index (κ2) is 6.87. The van der Waals surface area contributed by atoms with Gasteiger partial charge in [-0.25, -0.2) is 0 Å². The molecule has 19 heavy (non-hydrogen) atoms. The summed E-state index contributed by atoms with van der Waals surface area (Å²) in [5.74, 6) is 0. The maximum absolute atomic E-state index is 5.68. The summed E-state index contributed by atoms with van der Waals surface area (Å²) in [4.78, 5) is 6.98. The minimum atomic E-state index is 0.294. The summed E-state index contributed by atoms with van der Waals surface area (Å²) in [5, 5.41) is 3.29. The monoisotopic (exact) mass is 263 g/mol. The van der Waals surface area contributed by atoms with E-state index in [0.29, 0.717) is 12.1 Å². The van der Waals surface area contributed by atoms with Crippen molar-refractivity contribution < 1.29 is 4.74 Å². The maximum atomic E-state index is 5.68. The Morgan fingerprint density at radius 1 is 1.53 bits per heavy atom. The number of anilines is 1. The van der Waals surface area contributed by atoms with E-state index in [0.717, 1.165) is 38.2 Å². The van der Waals surface area contributed by atoms with Crippen molar-refractivity contribution >= 4 is 5.69 Å². The first-order valence-electron chi connectivity index (χ1n) is 7.24. The fourth-order valence-electron chi connectivity index (χ4n) is 2.58. The Hall–Kier alpha value is -1.13. The number of nitrogens with one attached hydrogen (secondary N) is 1.